The molecule has 0 amide bonds. The van der Waals surface area contributed by atoms with Crippen LogP contribution in [0.5, 0.6) is 0 Å². The van der Waals surface area contributed by atoms with Gasteiger partial charge in [0.1, 0.15) is 0 Å². The Hall–Kier alpha value is -5.84. The summed E-state index contributed by atoms with van der Waals surface area (Å²) in [6.07, 6.45) is 8.16. The van der Waals surface area contributed by atoms with Crippen molar-refractivity contribution in [2.75, 3.05) is 0 Å². The van der Waals surface area contributed by atoms with Gasteiger partial charge >= 0.3 is 0 Å². The summed E-state index contributed by atoms with van der Waals surface area (Å²) in [5, 5.41) is 24.5. The van der Waals surface area contributed by atoms with Crippen molar-refractivity contribution in [3.8, 4) is 23.5 Å². The smallest absolute Gasteiger partial charge is 0.0991 e. The molecule has 0 saturated carbocycles. The quantitative estimate of drug-likeness (QED) is 0.220. The van der Waals surface area contributed by atoms with E-state index in [4.69, 9.17) is 0 Å². The number of aromatic nitrogens is 2. The highest BCUT2D eigenvalue weighted by Gasteiger charge is 2.33. The normalized spacial score (nSPS) is 18.0. The molecule has 43 heavy (non-hydrogen) atoms. The third-order valence-electron chi connectivity index (χ3n) is 8.93. The van der Waals surface area contributed by atoms with Crippen LogP contribution in [0.25, 0.3) is 55.0 Å². The molecule has 4 heteroatoms. The predicted molar refractivity (Wildman–Crippen MR) is 175 cm³/mol. The Labute approximate surface area is 249 Å². The summed E-state index contributed by atoms with van der Waals surface area (Å²) >= 11 is 0. The molecule has 0 fully saturated rings. The fraction of sp³-hybridized carbons (Fsp3) is 0.0769. The van der Waals surface area contributed by atoms with Crippen molar-refractivity contribution in [2.45, 2.75) is 12.8 Å². The molecular weight excluding hydrogens is 524 g/mol. The van der Waals surface area contributed by atoms with Gasteiger partial charge in [0, 0.05) is 38.8 Å². The minimum atomic E-state index is -0.687. The van der Waals surface area contributed by atoms with E-state index in [9.17, 15) is 10.5 Å². The Balaban J connectivity index is 1.50. The Morgan fingerprint density at radius 1 is 0.605 bits per heavy atom. The number of nitriles is 2. The van der Waals surface area contributed by atoms with Crippen LogP contribution in [0, 0.1) is 28.1 Å². The molecule has 2 unspecified atom stereocenters. The van der Waals surface area contributed by atoms with Crippen LogP contribution >= 0.6 is 0 Å². The molecule has 1 aliphatic rings. The van der Waals surface area contributed by atoms with Crippen molar-refractivity contribution in [1.29, 1.82) is 10.5 Å². The Morgan fingerprint density at radius 2 is 1.14 bits per heavy atom. The lowest BCUT2D eigenvalue weighted by Gasteiger charge is -2.30. The largest absolute Gasteiger partial charge is 0.309 e. The van der Waals surface area contributed by atoms with Crippen LogP contribution < -0.4 is 0 Å². The maximum Gasteiger partial charge on any atom is 0.0991 e. The van der Waals surface area contributed by atoms with Gasteiger partial charge < -0.3 is 9.13 Å². The molecule has 0 aliphatic heterocycles. The fourth-order valence-corrected chi connectivity index (χ4v) is 6.88. The zero-order valence-electron chi connectivity index (χ0n) is 23.6. The summed E-state index contributed by atoms with van der Waals surface area (Å²) in [7, 11) is 0. The number of benzene rings is 5. The maximum atomic E-state index is 10.3. The van der Waals surface area contributed by atoms with Crippen molar-refractivity contribution >= 4 is 43.6 Å². The van der Waals surface area contributed by atoms with Crippen LogP contribution in [0.2, 0.25) is 0 Å². The minimum absolute atomic E-state index is 0.132. The highest BCUT2D eigenvalue weighted by atomic mass is 15.0. The Morgan fingerprint density at radius 3 is 1.70 bits per heavy atom. The zero-order valence-corrected chi connectivity index (χ0v) is 23.6. The van der Waals surface area contributed by atoms with Crippen LogP contribution in [0.4, 0.5) is 0 Å². The van der Waals surface area contributed by atoms with Crippen molar-refractivity contribution in [2.24, 2.45) is 5.41 Å². The van der Waals surface area contributed by atoms with E-state index >= 15 is 0 Å². The predicted octanol–water partition coefficient (Wildman–Crippen LogP) is 9.49. The van der Waals surface area contributed by atoms with E-state index in [-0.39, 0.29) is 5.92 Å². The van der Waals surface area contributed by atoms with Crippen molar-refractivity contribution in [3.63, 3.8) is 0 Å². The number of allylic oxidation sites excluding steroid dienone is 4. The molecule has 0 N–H and O–H groups in total. The molecule has 2 atom stereocenters. The molecule has 202 valence electrons. The second-order valence-corrected chi connectivity index (χ2v) is 11.5. The summed E-state index contributed by atoms with van der Waals surface area (Å²) in [5.74, 6) is -0.132. The van der Waals surface area contributed by atoms with Crippen LogP contribution in [0.3, 0.4) is 0 Å². The number of hydrogen-bond acceptors (Lipinski definition) is 2. The second kappa shape index (κ2) is 9.35. The van der Waals surface area contributed by atoms with E-state index in [1.165, 1.54) is 10.8 Å². The average molecular weight is 551 g/mol. The molecule has 7 aromatic rings. The molecule has 0 saturated heterocycles. The number of hydrogen-bond donors (Lipinski definition) is 0. The SMILES string of the molecule is CC1(C#N)C=CC=CC1c1cc(-n2c3ccccc3c3ccccc32)cc(-n2c3ccccc3c3cc(C#N)ccc32)c1. The van der Waals surface area contributed by atoms with Crippen LogP contribution in [0.1, 0.15) is 24.0 Å². The molecule has 1 aliphatic carbocycles. The molecule has 0 bridgehead atoms. The van der Waals surface area contributed by atoms with Crippen molar-refractivity contribution in [1.82, 2.24) is 9.13 Å². The van der Waals surface area contributed by atoms with Crippen molar-refractivity contribution in [3.05, 3.63) is 145 Å². The van der Waals surface area contributed by atoms with E-state index in [0.29, 0.717) is 5.56 Å². The van der Waals surface area contributed by atoms with Gasteiger partial charge in [-0.1, -0.05) is 78.9 Å². The van der Waals surface area contributed by atoms with Gasteiger partial charge in [-0.05, 0) is 67.1 Å². The first-order valence-electron chi connectivity index (χ1n) is 14.4. The third kappa shape index (κ3) is 3.67. The Bertz CT molecular complexity index is 2350. The second-order valence-electron chi connectivity index (χ2n) is 11.5. The molecule has 8 rings (SSSR count). The summed E-state index contributed by atoms with van der Waals surface area (Å²) in [6, 6.07) is 42.9. The van der Waals surface area contributed by atoms with Gasteiger partial charge in [-0.2, -0.15) is 10.5 Å². The highest BCUT2D eigenvalue weighted by molar-refractivity contribution is 6.10. The molecule has 4 nitrogen and oxygen atoms in total. The third-order valence-corrected chi connectivity index (χ3v) is 8.93. The van der Waals surface area contributed by atoms with Crippen LogP contribution in [-0.4, -0.2) is 9.13 Å². The van der Waals surface area contributed by atoms with E-state index in [0.717, 1.165) is 49.8 Å². The van der Waals surface area contributed by atoms with Gasteiger partial charge in [-0.15, -0.1) is 0 Å². The van der Waals surface area contributed by atoms with Gasteiger partial charge in [0.05, 0.1) is 45.2 Å². The van der Waals surface area contributed by atoms with E-state index in [1.807, 2.05) is 49.4 Å². The van der Waals surface area contributed by atoms with Gasteiger partial charge in [-0.25, -0.2) is 0 Å². The number of rotatable bonds is 3. The van der Waals surface area contributed by atoms with Crippen LogP contribution in [-0.2, 0) is 0 Å². The summed E-state index contributed by atoms with van der Waals surface area (Å²) in [5.41, 5.74) is 7.43. The minimum Gasteiger partial charge on any atom is -0.309 e. The topological polar surface area (TPSA) is 57.4 Å². The molecule has 2 heterocycles. The summed E-state index contributed by atoms with van der Waals surface area (Å²) in [4.78, 5) is 0. The number of fused-ring (bicyclic) bond motifs is 6. The molecule has 0 spiro atoms. The number of nitrogens with zero attached hydrogens (tertiary/aromatic N) is 4. The van der Waals surface area contributed by atoms with Crippen LogP contribution in [0.15, 0.2) is 133 Å². The number of para-hydroxylation sites is 3. The van der Waals surface area contributed by atoms with E-state index < -0.39 is 5.41 Å². The van der Waals surface area contributed by atoms with Gasteiger partial charge in [0.25, 0.3) is 0 Å². The first-order valence-corrected chi connectivity index (χ1v) is 14.4. The van der Waals surface area contributed by atoms with Gasteiger partial charge in [-0.3, -0.25) is 0 Å². The lowest BCUT2D eigenvalue weighted by Crippen LogP contribution is -2.22. The lowest BCUT2D eigenvalue weighted by molar-refractivity contribution is 0.498. The molecule has 5 aromatic carbocycles. The molecular formula is C39H26N4. The van der Waals surface area contributed by atoms with Gasteiger partial charge in [0.2, 0.25) is 0 Å². The summed E-state index contributed by atoms with van der Waals surface area (Å²) < 4.78 is 4.63. The standard InChI is InChI=1S/C39H26N4/c1-39(25-41)19-9-8-13-34(39)27-21-28(42-35-14-5-2-10-30(35)31-11-3-6-15-36(31)42)23-29(22-27)43-37-16-7-4-12-32(37)33-20-26(24-40)17-18-38(33)43/h2-23,34H,1H3. The monoisotopic (exact) mass is 550 g/mol. The highest BCUT2D eigenvalue weighted by Crippen LogP contribution is 2.43. The zero-order chi connectivity index (χ0) is 29.1. The summed E-state index contributed by atoms with van der Waals surface area (Å²) in [6.45, 7) is 2.01. The first-order chi connectivity index (χ1) is 21.1. The average Bonchev–Trinajstić information content (AvgIpc) is 3.57. The van der Waals surface area contributed by atoms with E-state index in [2.05, 4.69) is 112 Å². The molecule has 0 radical (unpaired) electrons. The van der Waals surface area contributed by atoms with E-state index in [1.54, 1.807) is 0 Å². The maximum absolute atomic E-state index is 10.3. The van der Waals surface area contributed by atoms with Crippen molar-refractivity contribution < 1.29 is 0 Å². The fourth-order valence-electron chi connectivity index (χ4n) is 6.88. The Kier molecular flexibility index (Phi) is 5.42. The van der Waals surface area contributed by atoms with Gasteiger partial charge in [0.15, 0.2) is 0 Å². The first kappa shape index (κ1) is 24.9. The molecule has 2 aromatic heterocycles. The lowest BCUT2D eigenvalue weighted by atomic mass is 9.72.